The van der Waals surface area contributed by atoms with Crippen LogP contribution in [0.15, 0.2) is 24.5 Å². The standard InChI is InChI=1S/C17H24N6O2/c1-21(2)10-16(24)23-8-14(17-15(9-23)19-20-22(17)3)12-25-11-13-5-4-6-18-7-13/h4-7,14H,8-12H2,1-3H3. The third kappa shape index (κ3) is 4.21. The van der Waals surface area contributed by atoms with Gasteiger partial charge in [0.05, 0.1) is 32.0 Å². The van der Waals surface area contributed by atoms with Gasteiger partial charge in [-0.1, -0.05) is 11.3 Å². The summed E-state index contributed by atoms with van der Waals surface area (Å²) in [6.45, 7) is 2.52. The van der Waals surface area contributed by atoms with Crippen LogP contribution in [-0.2, 0) is 29.7 Å². The van der Waals surface area contributed by atoms with Crippen LogP contribution in [0.2, 0.25) is 0 Å². The highest BCUT2D eigenvalue weighted by atomic mass is 16.5. The molecule has 2 aromatic rings. The summed E-state index contributed by atoms with van der Waals surface area (Å²) >= 11 is 0. The predicted octanol–water partition coefficient (Wildman–Crippen LogP) is 0.414. The van der Waals surface area contributed by atoms with Gasteiger partial charge < -0.3 is 14.5 Å². The summed E-state index contributed by atoms with van der Waals surface area (Å²) in [5.74, 6) is 0.157. The maximum atomic E-state index is 12.4. The Bertz CT molecular complexity index is 715. The summed E-state index contributed by atoms with van der Waals surface area (Å²) in [6.07, 6.45) is 3.54. The number of hydrogen-bond donors (Lipinski definition) is 0. The van der Waals surface area contributed by atoms with Crippen molar-refractivity contribution >= 4 is 5.91 Å². The fourth-order valence-corrected chi connectivity index (χ4v) is 3.11. The summed E-state index contributed by atoms with van der Waals surface area (Å²) in [5, 5.41) is 8.35. The number of fused-ring (bicyclic) bond motifs is 1. The van der Waals surface area contributed by atoms with Crippen LogP contribution in [-0.4, -0.2) is 69.5 Å². The minimum atomic E-state index is 0.0616. The molecular weight excluding hydrogens is 320 g/mol. The van der Waals surface area contributed by atoms with E-state index < -0.39 is 0 Å². The van der Waals surface area contributed by atoms with E-state index in [2.05, 4.69) is 15.3 Å². The molecule has 0 bridgehead atoms. The van der Waals surface area contributed by atoms with E-state index in [1.165, 1.54) is 0 Å². The molecule has 0 fully saturated rings. The largest absolute Gasteiger partial charge is 0.376 e. The van der Waals surface area contributed by atoms with E-state index in [-0.39, 0.29) is 11.8 Å². The van der Waals surface area contributed by atoms with Crippen molar-refractivity contribution in [3.63, 3.8) is 0 Å². The second kappa shape index (κ2) is 7.71. The van der Waals surface area contributed by atoms with Crippen molar-refractivity contribution in [1.82, 2.24) is 29.8 Å². The van der Waals surface area contributed by atoms with Crippen LogP contribution in [0.1, 0.15) is 22.9 Å². The number of rotatable bonds is 6. The molecule has 3 heterocycles. The predicted molar refractivity (Wildman–Crippen MR) is 91.6 cm³/mol. The summed E-state index contributed by atoms with van der Waals surface area (Å²) in [4.78, 5) is 20.3. The molecule has 0 radical (unpaired) electrons. The summed E-state index contributed by atoms with van der Waals surface area (Å²) in [7, 11) is 5.67. The highest BCUT2D eigenvalue weighted by Gasteiger charge is 2.32. The molecule has 1 aliphatic heterocycles. The van der Waals surface area contributed by atoms with Gasteiger partial charge in [-0.2, -0.15) is 0 Å². The van der Waals surface area contributed by atoms with Gasteiger partial charge in [0.15, 0.2) is 0 Å². The number of aryl methyl sites for hydroxylation is 1. The highest BCUT2D eigenvalue weighted by molar-refractivity contribution is 5.78. The van der Waals surface area contributed by atoms with Crippen LogP contribution in [0.25, 0.3) is 0 Å². The first-order valence-electron chi connectivity index (χ1n) is 8.32. The lowest BCUT2D eigenvalue weighted by Gasteiger charge is -2.32. The van der Waals surface area contributed by atoms with E-state index in [0.717, 1.165) is 17.0 Å². The van der Waals surface area contributed by atoms with Gasteiger partial charge in [0.2, 0.25) is 5.91 Å². The quantitative estimate of drug-likeness (QED) is 0.756. The third-order valence-electron chi connectivity index (χ3n) is 4.23. The highest BCUT2D eigenvalue weighted by Crippen LogP contribution is 2.27. The first kappa shape index (κ1) is 17.5. The van der Waals surface area contributed by atoms with Gasteiger partial charge in [-0.15, -0.1) is 5.10 Å². The molecule has 0 saturated carbocycles. The normalized spacial score (nSPS) is 17.0. The molecule has 0 N–H and O–H groups in total. The second-order valence-corrected chi connectivity index (χ2v) is 6.63. The van der Waals surface area contributed by atoms with Crippen LogP contribution in [0.3, 0.4) is 0 Å². The van der Waals surface area contributed by atoms with Gasteiger partial charge in [-0.3, -0.25) is 14.5 Å². The SMILES string of the molecule is CN(C)CC(=O)N1Cc2nnn(C)c2C(COCc2cccnc2)C1. The number of pyridine rings is 1. The van der Waals surface area contributed by atoms with E-state index in [9.17, 15) is 4.79 Å². The van der Waals surface area contributed by atoms with Crippen LogP contribution < -0.4 is 0 Å². The van der Waals surface area contributed by atoms with Crippen molar-refractivity contribution in [3.05, 3.63) is 41.5 Å². The molecule has 8 nitrogen and oxygen atoms in total. The monoisotopic (exact) mass is 344 g/mol. The van der Waals surface area contributed by atoms with Gasteiger partial charge in [-0.05, 0) is 25.7 Å². The van der Waals surface area contributed by atoms with Crippen LogP contribution in [0.5, 0.6) is 0 Å². The number of carbonyl (C=O) groups excluding carboxylic acids is 1. The Morgan fingerprint density at radius 2 is 2.28 bits per heavy atom. The van der Waals surface area contributed by atoms with Crippen molar-refractivity contribution in [2.24, 2.45) is 7.05 Å². The average Bonchev–Trinajstić information content (AvgIpc) is 2.96. The van der Waals surface area contributed by atoms with Crippen molar-refractivity contribution in [2.75, 3.05) is 33.8 Å². The molecule has 3 rings (SSSR count). The van der Waals surface area contributed by atoms with Gasteiger partial charge in [0.25, 0.3) is 0 Å². The molecule has 134 valence electrons. The lowest BCUT2D eigenvalue weighted by atomic mass is 9.99. The number of carbonyl (C=O) groups is 1. The zero-order valence-electron chi connectivity index (χ0n) is 14.9. The Labute approximate surface area is 147 Å². The average molecular weight is 344 g/mol. The fourth-order valence-electron chi connectivity index (χ4n) is 3.11. The number of hydrogen-bond acceptors (Lipinski definition) is 6. The molecule has 0 saturated heterocycles. The lowest BCUT2D eigenvalue weighted by Crippen LogP contribution is -2.43. The van der Waals surface area contributed by atoms with E-state index in [0.29, 0.717) is 32.8 Å². The Morgan fingerprint density at radius 1 is 1.44 bits per heavy atom. The molecule has 0 aromatic carbocycles. The van der Waals surface area contributed by atoms with Gasteiger partial charge in [0, 0.05) is 31.9 Å². The topological polar surface area (TPSA) is 76.4 Å². The summed E-state index contributed by atoms with van der Waals surface area (Å²) in [5.41, 5.74) is 2.94. The number of amides is 1. The maximum Gasteiger partial charge on any atom is 0.237 e. The number of aromatic nitrogens is 4. The Morgan fingerprint density at radius 3 is 3.00 bits per heavy atom. The van der Waals surface area contributed by atoms with E-state index in [4.69, 9.17) is 4.74 Å². The molecule has 8 heteroatoms. The minimum Gasteiger partial charge on any atom is -0.376 e. The smallest absolute Gasteiger partial charge is 0.237 e. The molecule has 2 aromatic heterocycles. The van der Waals surface area contributed by atoms with Gasteiger partial charge in [-0.25, -0.2) is 0 Å². The van der Waals surface area contributed by atoms with Crippen LogP contribution in [0.4, 0.5) is 0 Å². The molecule has 25 heavy (non-hydrogen) atoms. The summed E-state index contributed by atoms with van der Waals surface area (Å²) < 4.78 is 7.69. The molecule has 1 aliphatic rings. The van der Waals surface area contributed by atoms with Crippen molar-refractivity contribution in [3.8, 4) is 0 Å². The fraction of sp³-hybridized carbons (Fsp3) is 0.529. The van der Waals surface area contributed by atoms with Crippen molar-refractivity contribution < 1.29 is 9.53 Å². The second-order valence-electron chi connectivity index (χ2n) is 6.63. The van der Waals surface area contributed by atoms with Gasteiger partial charge in [0.1, 0.15) is 5.69 Å². The van der Waals surface area contributed by atoms with Crippen molar-refractivity contribution in [1.29, 1.82) is 0 Å². The zero-order chi connectivity index (χ0) is 17.8. The first-order valence-corrected chi connectivity index (χ1v) is 8.32. The number of likely N-dealkylation sites (N-methyl/N-ethyl adjacent to an activating group) is 1. The molecule has 1 atom stereocenters. The Hall–Kier alpha value is -2.32. The number of nitrogens with zero attached hydrogens (tertiary/aromatic N) is 6. The lowest BCUT2D eigenvalue weighted by molar-refractivity contribution is -0.133. The Kier molecular flexibility index (Phi) is 5.40. The van der Waals surface area contributed by atoms with Crippen LogP contribution in [0, 0.1) is 0 Å². The van der Waals surface area contributed by atoms with Crippen molar-refractivity contribution in [2.45, 2.75) is 19.1 Å². The molecular formula is C17H24N6O2. The maximum absolute atomic E-state index is 12.4. The zero-order valence-corrected chi connectivity index (χ0v) is 14.9. The third-order valence-corrected chi connectivity index (χ3v) is 4.23. The summed E-state index contributed by atoms with van der Waals surface area (Å²) in [6, 6.07) is 3.88. The van der Waals surface area contributed by atoms with Gasteiger partial charge >= 0.3 is 0 Å². The molecule has 1 amide bonds. The number of ether oxygens (including phenoxy) is 1. The van der Waals surface area contributed by atoms with E-state index >= 15 is 0 Å². The first-order chi connectivity index (χ1) is 12.0. The molecule has 0 spiro atoms. The Balaban J connectivity index is 1.68. The van der Waals surface area contributed by atoms with E-state index in [1.54, 1.807) is 17.1 Å². The minimum absolute atomic E-state index is 0.0616. The molecule has 1 unspecified atom stereocenters. The van der Waals surface area contributed by atoms with E-state index in [1.807, 2.05) is 43.1 Å². The molecule has 0 aliphatic carbocycles. The van der Waals surface area contributed by atoms with Crippen LogP contribution >= 0.6 is 0 Å².